The lowest BCUT2D eigenvalue weighted by atomic mass is 10.3. The maximum Gasteiger partial charge on any atom is 0.169 e. The van der Waals surface area contributed by atoms with Crippen molar-refractivity contribution in [2.45, 2.75) is 6.23 Å². The molecule has 0 spiro atoms. The first-order valence-electron chi connectivity index (χ1n) is 4.63. The fourth-order valence-electron chi connectivity index (χ4n) is 1.20. The van der Waals surface area contributed by atoms with Gasteiger partial charge in [-0.2, -0.15) is 0 Å². The number of nitrogens with one attached hydrogen (secondary N) is 1. The molecule has 0 saturated carbocycles. The predicted octanol–water partition coefficient (Wildman–Crippen LogP) is 1.58. The van der Waals surface area contributed by atoms with Crippen molar-refractivity contribution in [3.8, 4) is 0 Å². The number of hydrogen-bond donors (Lipinski definition) is 2. The van der Waals surface area contributed by atoms with Crippen LogP contribution in [0, 0.1) is 0 Å². The first-order valence-corrected chi connectivity index (χ1v) is 4.63. The molecule has 0 aliphatic rings. The van der Waals surface area contributed by atoms with Gasteiger partial charge in [-0.25, -0.2) is 4.98 Å². The van der Waals surface area contributed by atoms with E-state index in [4.69, 9.17) is 0 Å². The highest BCUT2D eigenvalue weighted by molar-refractivity contribution is 5.35. The Morgan fingerprint density at radius 2 is 1.73 bits per heavy atom. The molecule has 0 radical (unpaired) electrons. The number of nitrogens with zero attached hydrogens (tertiary/aromatic N) is 2. The summed E-state index contributed by atoms with van der Waals surface area (Å²) in [6, 6.07) is 10.8. The van der Waals surface area contributed by atoms with Gasteiger partial charge in [-0.15, -0.1) is 0 Å². The van der Waals surface area contributed by atoms with E-state index < -0.39 is 6.23 Å². The minimum atomic E-state index is -0.832. The number of aliphatic hydroxyl groups excluding tert-OH is 1. The second kappa shape index (κ2) is 4.52. The van der Waals surface area contributed by atoms with Gasteiger partial charge in [-0.1, -0.05) is 12.1 Å². The number of pyridine rings is 2. The second-order valence-corrected chi connectivity index (χ2v) is 3.02. The maximum atomic E-state index is 9.76. The molecule has 4 nitrogen and oxygen atoms in total. The third kappa shape index (κ3) is 2.51. The first kappa shape index (κ1) is 9.61. The monoisotopic (exact) mass is 201 g/mol. The Kier molecular flexibility index (Phi) is 2.90. The molecule has 0 fully saturated rings. The molecule has 2 N–H and O–H groups in total. The van der Waals surface area contributed by atoms with Crippen molar-refractivity contribution in [1.82, 2.24) is 9.97 Å². The van der Waals surface area contributed by atoms with Gasteiger partial charge in [-0.3, -0.25) is 4.98 Å². The van der Waals surface area contributed by atoms with Gasteiger partial charge in [0.15, 0.2) is 6.23 Å². The Balaban J connectivity index is 2.08. The van der Waals surface area contributed by atoms with Crippen LogP contribution >= 0.6 is 0 Å². The summed E-state index contributed by atoms with van der Waals surface area (Å²) in [6.45, 7) is 0. The Morgan fingerprint density at radius 1 is 1.00 bits per heavy atom. The highest BCUT2D eigenvalue weighted by Crippen LogP contribution is 2.12. The van der Waals surface area contributed by atoms with E-state index >= 15 is 0 Å². The molecule has 76 valence electrons. The predicted molar refractivity (Wildman–Crippen MR) is 57.1 cm³/mol. The molecule has 15 heavy (non-hydrogen) atoms. The zero-order valence-corrected chi connectivity index (χ0v) is 8.04. The van der Waals surface area contributed by atoms with Crippen molar-refractivity contribution in [1.29, 1.82) is 0 Å². The summed E-state index contributed by atoms with van der Waals surface area (Å²) in [4.78, 5) is 8.08. The van der Waals surface area contributed by atoms with E-state index in [1.165, 1.54) is 0 Å². The van der Waals surface area contributed by atoms with Crippen LogP contribution in [-0.4, -0.2) is 15.1 Å². The molecule has 2 aromatic rings. The van der Waals surface area contributed by atoms with E-state index in [-0.39, 0.29) is 0 Å². The number of hydrogen-bond acceptors (Lipinski definition) is 4. The standard InChI is InChI=1S/C11H11N3O/c15-11(9-5-1-3-7-12-9)14-10-6-2-4-8-13-10/h1-8,11,15H,(H,13,14)/t11-/m0/s1. The summed E-state index contributed by atoms with van der Waals surface area (Å²) < 4.78 is 0. The fraction of sp³-hybridized carbons (Fsp3) is 0.0909. The molecule has 0 aliphatic carbocycles. The molecule has 2 aromatic heterocycles. The molecular weight excluding hydrogens is 190 g/mol. The van der Waals surface area contributed by atoms with Crippen molar-refractivity contribution in [3.05, 3.63) is 54.5 Å². The van der Waals surface area contributed by atoms with Gasteiger partial charge in [-0.05, 0) is 24.3 Å². The summed E-state index contributed by atoms with van der Waals surface area (Å²) >= 11 is 0. The van der Waals surface area contributed by atoms with Gasteiger partial charge in [0.1, 0.15) is 5.82 Å². The Hall–Kier alpha value is -1.94. The molecule has 2 heterocycles. The number of aromatic nitrogens is 2. The largest absolute Gasteiger partial charge is 0.368 e. The highest BCUT2D eigenvalue weighted by Gasteiger charge is 2.07. The highest BCUT2D eigenvalue weighted by atomic mass is 16.3. The van der Waals surface area contributed by atoms with Crippen molar-refractivity contribution >= 4 is 5.82 Å². The average Bonchev–Trinajstić information content (AvgIpc) is 2.31. The van der Waals surface area contributed by atoms with Gasteiger partial charge in [0.25, 0.3) is 0 Å². The van der Waals surface area contributed by atoms with Crippen LogP contribution in [0.25, 0.3) is 0 Å². The van der Waals surface area contributed by atoms with Gasteiger partial charge in [0.2, 0.25) is 0 Å². The zero-order valence-electron chi connectivity index (χ0n) is 8.04. The zero-order chi connectivity index (χ0) is 10.5. The first-order chi connectivity index (χ1) is 7.36. The van der Waals surface area contributed by atoms with E-state index in [0.717, 1.165) is 0 Å². The van der Waals surface area contributed by atoms with Crippen LogP contribution in [0.15, 0.2) is 48.8 Å². The van der Waals surface area contributed by atoms with Gasteiger partial charge >= 0.3 is 0 Å². The van der Waals surface area contributed by atoms with E-state index in [9.17, 15) is 5.11 Å². The Morgan fingerprint density at radius 3 is 2.33 bits per heavy atom. The number of aliphatic hydroxyl groups is 1. The van der Waals surface area contributed by atoms with Crippen molar-refractivity contribution < 1.29 is 5.11 Å². The Bertz CT molecular complexity index is 405. The van der Waals surface area contributed by atoms with Gasteiger partial charge in [0, 0.05) is 12.4 Å². The van der Waals surface area contributed by atoms with Crippen LogP contribution < -0.4 is 5.32 Å². The van der Waals surface area contributed by atoms with Crippen LogP contribution in [0.5, 0.6) is 0 Å². The van der Waals surface area contributed by atoms with Crippen LogP contribution in [0.2, 0.25) is 0 Å². The fourth-order valence-corrected chi connectivity index (χ4v) is 1.20. The normalized spacial score (nSPS) is 12.1. The van der Waals surface area contributed by atoms with E-state index in [0.29, 0.717) is 11.5 Å². The summed E-state index contributed by atoms with van der Waals surface area (Å²) in [7, 11) is 0. The van der Waals surface area contributed by atoms with E-state index in [1.54, 1.807) is 30.6 Å². The van der Waals surface area contributed by atoms with Crippen LogP contribution in [0.1, 0.15) is 11.9 Å². The molecule has 2 rings (SSSR count). The van der Waals surface area contributed by atoms with Gasteiger partial charge < -0.3 is 10.4 Å². The van der Waals surface area contributed by atoms with Crippen molar-refractivity contribution in [2.75, 3.05) is 5.32 Å². The average molecular weight is 201 g/mol. The quantitative estimate of drug-likeness (QED) is 0.740. The second-order valence-electron chi connectivity index (χ2n) is 3.02. The molecule has 0 bridgehead atoms. The Labute approximate surface area is 87.6 Å². The minimum absolute atomic E-state index is 0.572. The SMILES string of the molecule is O[C@H](Nc1ccccn1)c1ccccn1. The van der Waals surface area contributed by atoms with Gasteiger partial charge in [0.05, 0.1) is 5.69 Å². The molecule has 0 saturated heterocycles. The van der Waals surface area contributed by atoms with Crippen molar-refractivity contribution in [2.24, 2.45) is 0 Å². The summed E-state index contributed by atoms with van der Waals surface area (Å²) in [5.74, 6) is 0.621. The lowest BCUT2D eigenvalue weighted by molar-refractivity contribution is 0.203. The van der Waals surface area contributed by atoms with Crippen LogP contribution in [0.3, 0.4) is 0 Å². The third-order valence-electron chi connectivity index (χ3n) is 1.92. The molecule has 0 aliphatic heterocycles. The lowest BCUT2D eigenvalue weighted by Crippen LogP contribution is -2.11. The maximum absolute atomic E-state index is 9.76. The van der Waals surface area contributed by atoms with Crippen LogP contribution in [-0.2, 0) is 0 Å². The van der Waals surface area contributed by atoms with E-state index in [2.05, 4.69) is 15.3 Å². The summed E-state index contributed by atoms with van der Waals surface area (Å²) in [5.41, 5.74) is 0.572. The molecule has 0 unspecified atom stereocenters. The smallest absolute Gasteiger partial charge is 0.169 e. The molecule has 0 amide bonds. The molecule has 1 atom stereocenters. The number of rotatable bonds is 3. The topological polar surface area (TPSA) is 58.0 Å². The van der Waals surface area contributed by atoms with Crippen molar-refractivity contribution in [3.63, 3.8) is 0 Å². The summed E-state index contributed by atoms with van der Waals surface area (Å²) in [5, 5.41) is 12.6. The number of anilines is 1. The van der Waals surface area contributed by atoms with E-state index in [1.807, 2.05) is 18.2 Å². The lowest BCUT2D eigenvalue weighted by Gasteiger charge is -2.12. The minimum Gasteiger partial charge on any atom is -0.368 e. The molecular formula is C11H11N3O. The molecule has 4 heteroatoms. The third-order valence-corrected chi connectivity index (χ3v) is 1.92. The van der Waals surface area contributed by atoms with Crippen LogP contribution in [0.4, 0.5) is 5.82 Å². The summed E-state index contributed by atoms with van der Waals surface area (Å²) in [6.07, 6.45) is 2.47. The molecule has 0 aromatic carbocycles.